The molecule has 88 valence electrons. The third-order valence-electron chi connectivity index (χ3n) is 2.00. The molecule has 17 heavy (non-hydrogen) atoms. The molecule has 1 aromatic heterocycles. The first kappa shape index (κ1) is 11.3. The van der Waals surface area contributed by atoms with Crippen molar-refractivity contribution in [2.75, 3.05) is 0 Å². The van der Waals surface area contributed by atoms with Crippen molar-refractivity contribution in [1.29, 1.82) is 0 Å². The van der Waals surface area contributed by atoms with Crippen LogP contribution in [0.15, 0.2) is 42.0 Å². The number of rotatable bonds is 4. The molecular formula is C12H14N4O. The van der Waals surface area contributed by atoms with E-state index in [9.17, 15) is 0 Å². The summed E-state index contributed by atoms with van der Waals surface area (Å²) in [5.41, 5.74) is 0.995. The van der Waals surface area contributed by atoms with Crippen molar-refractivity contribution < 1.29 is 4.74 Å². The van der Waals surface area contributed by atoms with E-state index < -0.39 is 0 Å². The first-order valence-corrected chi connectivity index (χ1v) is 5.40. The molecule has 0 fully saturated rings. The highest BCUT2D eigenvalue weighted by atomic mass is 16.5. The molecule has 5 heteroatoms. The summed E-state index contributed by atoms with van der Waals surface area (Å²) in [5, 5.41) is 11.5. The second-order valence-electron chi connectivity index (χ2n) is 3.82. The lowest BCUT2D eigenvalue weighted by Crippen LogP contribution is -2.05. The number of nitrogens with zero attached hydrogens (tertiary/aromatic N) is 4. The Morgan fingerprint density at radius 2 is 1.82 bits per heavy atom. The van der Waals surface area contributed by atoms with E-state index in [1.807, 2.05) is 38.1 Å². The van der Waals surface area contributed by atoms with Gasteiger partial charge in [-0.05, 0) is 43.7 Å². The molecule has 0 amide bonds. The standard InChI is InChI=1S/C12H14N4O/c1-10(2)17-12-5-3-11(4-6-12)7-15-16-8-13-14-9-16/h3-10H,1-2H3/b15-7-. The van der Waals surface area contributed by atoms with E-state index in [2.05, 4.69) is 15.3 Å². The van der Waals surface area contributed by atoms with Gasteiger partial charge < -0.3 is 4.74 Å². The monoisotopic (exact) mass is 230 g/mol. The topological polar surface area (TPSA) is 52.3 Å². The minimum Gasteiger partial charge on any atom is -0.491 e. The summed E-state index contributed by atoms with van der Waals surface area (Å²) in [7, 11) is 0. The van der Waals surface area contributed by atoms with Gasteiger partial charge in [-0.15, -0.1) is 10.2 Å². The summed E-state index contributed by atoms with van der Waals surface area (Å²) < 4.78 is 7.09. The Labute approximate surface area is 99.8 Å². The number of aromatic nitrogens is 3. The highest BCUT2D eigenvalue weighted by Gasteiger charge is 1.96. The maximum absolute atomic E-state index is 5.55. The molecule has 0 saturated carbocycles. The molecule has 1 heterocycles. The predicted octanol–water partition coefficient (Wildman–Crippen LogP) is 1.95. The quantitative estimate of drug-likeness (QED) is 0.754. The molecule has 5 nitrogen and oxygen atoms in total. The minimum atomic E-state index is 0.187. The van der Waals surface area contributed by atoms with Crippen LogP contribution in [0.25, 0.3) is 0 Å². The smallest absolute Gasteiger partial charge is 0.141 e. The Morgan fingerprint density at radius 3 is 2.41 bits per heavy atom. The summed E-state index contributed by atoms with van der Waals surface area (Å²) in [6.45, 7) is 4.00. The lowest BCUT2D eigenvalue weighted by Gasteiger charge is -2.08. The van der Waals surface area contributed by atoms with Crippen LogP contribution >= 0.6 is 0 Å². The van der Waals surface area contributed by atoms with Crippen LogP contribution in [-0.4, -0.2) is 27.2 Å². The largest absolute Gasteiger partial charge is 0.491 e. The second kappa shape index (κ2) is 5.25. The molecule has 0 radical (unpaired) electrons. The highest BCUT2D eigenvalue weighted by molar-refractivity contribution is 5.79. The van der Waals surface area contributed by atoms with Gasteiger partial charge in [-0.1, -0.05) is 0 Å². The van der Waals surface area contributed by atoms with Gasteiger partial charge in [0.2, 0.25) is 0 Å². The zero-order valence-corrected chi connectivity index (χ0v) is 9.82. The summed E-state index contributed by atoms with van der Waals surface area (Å²) in [4.78, 5) is 0. The van der Waals surface area contributed by atoms with Gasteiger partial charge in [0.15, 0.2) is 0 Å². The van der Waals surface area contributed by atoms with E-state index in [0.717, 1.165) is 11.3 Å². The van der Waals surface area contributed by atoms with E-state index in [0.29, 0.717) is 0 Å². The van der Waals surface area contributed by atoms with Crippen LogP contribution in [0.1, 0.15) is 19.4 Å². The van der Waals surface area contributed by atoms with Crippen LogP contribution in [0.4, 0.5) is 0 Å². The molecule has 0 spiro atoms. The van der Waals surface area contributed by atoms with Crippen molar-refractivity contribution in [2.45, 2.75) is 20.0 Å². The van der Waals surface area contributed by atoms with Gasteiger partial charge in [-0.3, -0.25) is 0 Å². The van der Waals surface area contributed by atoms with Crippen molar-refractivity contribution in [2.24, 2.45) is 5.10 Å². The van der Waals surface area contributed by atoms with Gasteiger partial charge in [-0.2, -0.15) is 5.10 Å². The number of hydrogen-bond acceptors (Lipinski definition) is 4. The zero-order valence-electron chi connectivity index (χ0n) is 9.82. The van der Waals surface area contributed by atoms with Crippen molar-refractivity contribution >= 4 is 6.21 Å². The molecular weight excluding hydrogens is 216 g/mol. The normalized spacial score (nSPS) is 11.2. The van der Waals surface area contributed by atoms with Crippen LogP contribution < -0.4 is 4.74 Å². The molecule has 0 saturated heterocycles. The fourth-order valence-electron chi connectivity index (χ4n) is 1.29. The molecule has 2 rings (SSSR count). The van der Waals surface area contributed by atoms with E-state index in [1.54, 1.807) is 10.9 Å². The van der Waals surface area contributed by atoms with Gasteiger partial charge in [0, 0.05) is 0 Å². The Morgan fingerprint density at radius 1 is 1.18 bits per heavy atom. The molecule has 0 aliphatic carbocycles. The summed E-state index contributed by atoms with van der Waals surface area (Å²) >= 11 is 0. The third kappa shape index (κ3) is 3.41. The Hall–Kier alpha value is -2.17. The molecule has 0 aliphatic rings. The molecule has 2 aromatic rings. The first-order valence-electron chi connectivity index (χ1n) is 5.40. The Bertz CT molecular complexity index is 474. The van der Waals surface area contributed by atoms with Gasteiger partial charge in [0.05, 0.1) is 12.3 Å². The third-order valence-corrected chi connectivity index (χ3v) is 2.00. The van der Waals surface area contributed by atoms with Crippen LogP contribution in [0.3, 0.4) is 0 Å². The van der Waals surface area contributed by atoms with E-state index in [-0.39, 0.29) is 6.10 Å². The maximum Gasteiger partial charge on any atom is 0.141 e. The molecule has 0 N–H and O–H groups in total. The molecule has 0 unspecified atom stereocenters. The zero-order chi connectivity index (χ0) is 12.1. The van der Waals surface area contributed by atoms with Crippen LogP contribution in [-0.2, 0) is 0 Å². The number of hydrogen-bond donors (Lipinski definition) is 0. The average Bonchev–Trinajstić information content (AvgIpc) is 2.80. The average molecular weight is 230 g/mol. The van der Waals surface area contributed by atoms with Crippen molar-refractivity contribution in [3.63, 3.8) is 0 Å². The molecule has 0 bridgehead atoms. The molecule has 1 aromatic carbocycles. The fraction of sp³-hybridized carbons (Fsp3) is 0.250. The fourth-order valence-corrected chi connectivity index (χ4v) is 1.29. The van der Waals surface area contributed by atoms with E-state index in [1.165, 1.54) is 12.7 Å². The van der Waals surface area contributed by atoms with Gasteiger partial charge in [0.1, 0.15) is 18.4 Å². The van der Waals surface area contributed by atoms with Crippen molar-refractivity contribution in [3.8, 4) is 5.75 Å². The van der Waals surface area contributed by atoms with Crippen LogP contribution in [0, 0.1) is 0 Å². The Balaban J connectivity index is 2.03. The Kier molecular flexibility index (Phi) is 3.49. The van der Waals surface area contributed by atoms with E-state index >= 15 is 0 Å². The van der Waals surface area contributed by atoms with Gasteiger partial charge in [-0.25, -0.2) is 4.68 Å². The highest BCUT2D eigenvalue weighted by Crippen LogP contribution is 2.12. The maximum atomic E-state index is 5.55. The SMILES string of the molecule is CC(C)Oc1ccc(/C=N\n2cnnc2)cc1. The van der Waals surface area contributed by atoms with Gasteiger partial charge >= 0.3 is 0 Å². The molecule has 0 aliphatic heterocycles. The lowest BCUT2D eigenvalue weighted by molar-refractivity contribution is 0.242. The summed E-state index contributed by atoms with van der Waals surface area (Å²) in [6, 6.07) is 7.75. The lowest BCUT2D eigenvalue weighted by atomic mass is 10.2. The number of ether oxygens (including phenoxy) is 1. The van der Waals surface area contributed by atoms with E-state index in [4.69, 9.17) is 4.74 Å². The summed E-state index contributed by atoms with van der Waals surface area (Å²) in [6.07, 6.45) is 4.99. The van der Waals surface area contributed by atoms with Crippen molar-refractivity contribution in [3.05, 3.63) is 42.5 Å². The minimum absolute atomic E-state index is 0.187. The number of benzene rings is 1. The molecule has 0 atom stereocenters. The van der Waals surface area contributed by atoms with Crippen LogP contribution in [0.2, 0.25) is 0 Å². The summed E-state index contributed by atoms with van der Waals surface area (Å²) in [5.74, 6) is 0.862. The second-order valence-corrected chi connectivity index (χ2v) is 3.82. The first-order chi connectivity index (χ1) is 8.24. The van der Waals surface area contributed by atoms with Crippen LogP contribution in [0.5, 0.6) is 5.75 Å². The van der Waals surface area contributed by atoms with Crippen molar-refractivity contribution in [1.82, 2.24) is 14.9 Å². The van der Waals surface area contributed by atoms with Gasteiger partial charge in [0.25, 0.3) is 0 Å². The predicted molar refractivity (Wildman–Crippen MR) is 65.2 cm³/mol.